The van der Waals surface area contributed by atoms with Gasteiger partial charge in [0.05, 0.1) is 15.1 Å². The van der Waals surface area contributed by atoms with E-state index in [4.69, 9.17) is 34.8 Å². The molecule has 0 atom stereocenters. The maximum Gasteiger partial charge on any atom is 0.263 e. The summed E-state index contributed by atoms with van der Waals surface area (Å²) >= 11 is 17.6. The van der Waals surface area contributed by atoms with Crippen LogP contribution in [0.15, 0.2) is 30.3 Å². The van der Waals surface area contributed by atoms with Crippen molar-refractivity contribution in [3.05, 3.63) is 56.8 Å². The molecular formula is C13H6Cl3F3. The zero-order valence-electron chi connectivity index (χ0n) is 9.23. The molecule has 0 aliphatic heterocycles. The first-order valence-corrected chi connectivity index (χ1v) is 6.26. The molecule has 0 spiro atoms. The van der Waals surface area contributed by atoms with Crippen LogP contribution in [0.25, 0.3) is 11.1 Å². The fourth-order valence-electron chi connectivity index (χ4n) is 1.62. The van der Waals surface area contributed by atoms with Crippen molar-refractivity contribution in [2.24, 2.45) is 0 Å². The van der Waals surface area contributed by atoms with Gasteiger partial charge in [-0.3, -0.25) is 0 Å². The molecule has 19 heavy (non-hydrogen) atoms. The fraction of sp³-hybridized carbons (Fsp3) is 0.0769. The first kappa shape index (κ1) is 14.5. The number of hydrogen-bond acceptors (Lipinski definition) is 0. The highest BCUT2D eigenvalue weighted by Crippen LogP contribution is 2.39. The maximum absolute atomic E-state index is 13.8. The molecule has 0 saturated carbocycles. The van der Waals surface area contributed by atoms with Crippen LogP contribution in [0.5, 0.6) is 0 Å². The van der Waals surface area contributed by atoms with Gasteiger partial charge < -0.3 is 0 Å². The van der Waals surface area contributed by atoms with Crippen molar-refractivity contribution in [2.75, 3.05) is 0 Å². The van der Waals surface area contributed by atoms with Gasteiger partial charge in [-0.2, -0.15) is 0 Å². The van der Waals surface area contributed by atoms with Crippen LogP contribution in [0.1, 0.15) is 12.0 Å². The number of halogens is 6. The average Bonchev–Trinajstić information content (AvgIpc) is 2.37. The predicted octanol–water partition coefficient (Wildman–Crippen LogP) is 6.39. The van der Waals surface area contributed by atoms with E-state index in [2.05, 4.69) is 0 Å². The van der Waals surface area contributed by atoms with Gasteiger partial charge in [0.25, 0.3) is 6.43 Å². The lowest BCUT2D eigenvalue weighted by Crippen LogP contribution is -1.91. The Morgan fingerprint density at radius 1 is 0.842 bits per heavy atom. The van der Waals surface area contributed by atoms with Crippen LogP contribution in [-0.4, -0.2) is 0 Å². The molecule has 2 aromatic rings. The lowest BCUT2D eigenvalue weighted by Gasteiger charge is -2.09. The third-order valence-electron chi connectivity index (χ3n) is 2.57. The summed E-state index contributed by atoms with van der Waals surface area (Å²) in [4.78, 5) is 0. The van der Waals surface area contributed by atoms with E-state index in [1.807, 2.05) is 0 Å². The van der Waals surface area contributed by atoms with Crippen molar-refractivity contribution in [2.45, 2.75) is 6.43 Å². The van der Waals surface area contributed by atoms with Gasteiger partial charge in [-0.15, -0.1) is 0 Å². The normalized spacial score (nSPS) is 11.1. The second-order valence-electron chi connectivity index (χ2n) is 3.76. The first-order chi connectivity index (χ1) is 8.91. The predicted molar refractivity (Wildman–Crippen MR) is 71.8 cm³/mol. The van der Waals surface area contributed by atoms with Crippen LogP contribution < -0.4 is 0 Å². The molecule has 0 saturated heterocycles. The molecule has 0 fully saturated rings. The van der Waals surface area contributed by atoms with Gasteiger partial charge in [-0.25, -0.2) is 13.2 Å². The molecule has 2 aromatic carbocycles. The Hall–Kier alpha value is -0.900. The molecule has 0 radical (unpaired) electrons. The smallest absolute Gasteiger partial charge is 0.206 e. The molecule has 0 nitrogen and oxygen atoms in total. The van der Waals surface area contributed by atoms with Gasteiger partial charge in [0.1, 0.15) is 5.82 Å². The van der Waals surface area contributed by atoms with E-state index >= 15 is 0 Å². The Kier molecular flexibility index (Phi) is 4.29. The third-order valence-corrected chi connectivity index (χ3v) is 3.86. The third kappa shape index (κ3) is 2.83. The summed E-state index contributed by atoms with van der Waals surface area (Å²) < 4.78 is 38.7. The van der Waals surface area contributed by atoms with Gasteiger partial charge in [0.15, 0.2) is 0 Å². The number of hydrogen-bond donors (Lipinski definition) is 0. The monoisotopic (exact) mass is 324 g/mol. The number of rotatable bonds is 2. The minimum atomic E-state index is -2.73. The Bertz CT molecular complexity index is 627. The summed E-state index contributed by atoms with van der Waals surface area (Å²) in [6.45, 7) is 0. The van der Waals surface area contributed by atoms with Crippen LogP contribution in [0.2, 0.25) is 15.1 Å². The van der Waals surface area contributed by atoms with Crippen molar-refractivity contribution >= 4 is 34.8 Å². The fourth-order valence-corrected chi connectivity index (χ4v) is 2.26. The van der Waals surface area contributed by atoms with Gasteiger partial charge in [-0.05, 0) is 12.1 Å². The van der Waals surface area contributed by atoms with Crippen molar-refractivity contribution in [1.82, 2.24) is 0 Å². The number of benzene rings is 2. The van der Waals surface area contributed by atoms with Crippen molar-refractivity contribution in [3.8, 4) is 11.1 Å². The van der Waals surface area contributed by atoms with E-state index in [1.54, 1.807) is 0 Å². The summed E-state index contributed by atoms with van der Waals surface area (Å²) in [6, 6.07) is 6.10. The molecule has 0 aromatic heterocycles. The Morgan fingerprint density at radius 2 is 1.47 bits per heavy atom. The van der Waals surface area contributed by atoms with E-state index in [0.29, 0.717) is 5.56 Å². The standard InChI is InChI=1S/C13H6Cl3F3/c14-9-4-3-8(11(15)12(9)16)7-2-1-6(13(18)19)5-10(7)17/h1-5,13H. The van der Waals surface area contributed by atoms with E-state index < -0.39 is 17.8 Å². The molecule has 0 amide bonds. The minimum absolute atomic E-state index is 0.0814. The Morgan fingerprint density at radius 3 is 2.05 bits per heavy atom. The first-order valence-electron chi connectivity index (χ1n) is 5.13. The second kappa shape index (κ2) is 5.61. The molecule has 0 bridgehead atoms. The van der Waals surface area contributed by atoms with Gasteiger partial charge in [0, 0.05) is 16.7 Å². The molecular weight excluding hydrogens is 319 g/mol. The summed E-state index contributed by atoms with van der Waals surface area (Å²) in [5, 5.41) is 0.413. The van der Waals surface area contributed by atoms with Crippen LogP contribution in [-0.2, 0) is 0 Å². The highest BCUT2D eigenvalue weighted by atomic mass is 35.5. The molecule has 0 N–H and O–H groups in total. The lowest BCUT2D eigenvalue weighted by molar-refractivity contribution is 0.151. The van der Waals surface area contributed by atoms with Crippen molar-refractivity contribution < 1.29 is 13.2 Å². The van der Waals surface area contributed by atoms with Crippen LogP contribution in [0, 0.1) is 5.82 Å². The highest BCUT2D eigenvalue weighted by Gasteiger charge is 2.16. The number of alkyl halides is 2. The molecule has 0 aliphatic rings. The van der Waals surface area contributed by atoms with Crippen molar-refractivity contribution in [3.63, 3.8) is 0 Å². The average molecular weight is 326 g/mol. The SMILES string of the molecule is Fc1cc(C(F)F)ccc1-c1ccc(Cl)c(Cl)c1Cl. The van der Waals surface area contributed by atoms with Gasteiger partial charge >= 0.3 is 0 Å². The van der Waals surface area contributed by atoms with E-state index in [1.165, 1.54) is 18.2 Å². The molecule has 0 heterocycles. The quantitative estimate of drug-likeness (QED) is 0.561. The van der Waals surface area contributed by atoms with Crippen molar-refractivity contribution in [1.29, 1.82) is 0 Å². The minimum Gasteiger partial charge on any atom is -0.206 e. The molecule has 0 unspecified atom stereocenters. The zero-order chi connectivity index (χ0) is 14.2. The largest absolute Gasteiger partial charge is 0.263 e. The van der Waals surface area contributed by atoms with Crippen LogP contribution in [0.3, 0.4) is 0 Å². The molecule has 2 rings (SSSR count). The zero-order valence-corrected chi connectivity index (χ0v) is 11.5. The second-order valence-corrected chi connectivity index (χ2v) is 4.93. The maximum atomic E-state index is 13.8. The van der Waals surface area contributed by atoms with E-state index in [0.717, 1.165) is 12.1 Å². The summed E-state index contributed by atoms with van der Waals surface area (Å²) in [6.07, 6.45) is -2.73. The summed E-state index contributed by atoms with van der Waals surface area (Å²) in [5.74, 6) is -0.793. The van der Waals surface area contributed by atoms with Crippen LogP contribution in [0.4, 0.5) is 13.2 Å². The van der Waals surface area contributed by atoms with Crippen LogP contribution >= 0.6 is 34.8 Å². The molecule has 100 valence electrons. The molecule has 0 aliphatic carbocycles. The van der Waals surface area contributed by atoms with E-state index in [9.17, 15) is 13.2 Å². The van der Waals surface area contributed by atoms with E-state index in [-0.39, 0.29) is 20.6 Å². The summed E-state index contributed by atoms with van der Waals surface area (Å²) in [5.41, 5.74) is -0.000201. The highest BCUT2D eigenvalue weighted by molar-refractivity contribution is 6.49. The Labute approximate surface area is 122 Å². The van der Waals surface area contributed by atoms with Gasteiger partial charge in [0.2, 0.25) is 0 Å². The van der Waals surface area contributed by atoms with Gasteiger partial charge in [-0.1, -0.05) is 53.0 Å². The summed E-state index contributed by atoms with van der Waals surface area (Å²) in [7, 11) is 0. The topological polar surface area (TPSA) is 0 Å². The lowest BCUT2D eigenvalue weighted by atomic mass is 10.0. The molecule has 6 heteroatoms. The Balaban J connectivity index is 2.57.